The summed E-state index contributed by atoms with van der Waals surface area (Å²) in [4.78, 5) is 16.7. The lowest BCUT2D eigenvalue weighted by Crippen LogP contribution is -2.24. The lowest BCUT2D eigenvalue weighted by atomic mass is 10.2. The number of ether oxygens (including phenoxy) is 1. The number of rotatable bonds is 7. The summed E-state index contributed by atoms with van der Waals surface area (Å²) in [5.74, 6) is -4.90. The van der Waals surface area contributed by atoms with E-state index in [1.807, 2.05) is 18.4 Å². The molecule has 1 heterocycles. The number of aromatic nitrogens is 2. The van der Waals surface area contributed by atoms with Crippen LogP contribution in [0.4, 0.5) is 18.9 Å². The van der Waals surface area contributed by atoms with E-state index in [0.29, 0.717) is 18.3 Å². The zero-order valence-corrected chi connectivity index (χ0v) is 15.7. The summed E-state index contributed by atoms with van der Waals surface area (Å²) in [5.41, 5.74) is 1.39. The van der Waals surface area contributed by atoms with Crippen LogP contribution in [0.15, 0.2) is 17.3 Å². The lowest BCUT2D eigenvalue weighted by Gasteiger charge is -2.14. The van der Waals surface area contributed by atoms with Crippen molar-refractivity contribution >= 4 is 23.4 Å². The number of carbonyl (C=O) groups is 1. The minimum atomic E-state index is -1.62. The molecule has 142 valence electrons. The van der Waals surface area contributed by atoms with Gasteiger partial charge in [0.05, 0.1) is 23.2 Å². The monoisotopic (exact) mass is 387 g/mol. The second kappa shape index (κ2) is 8.59. The summed E-state index contributed by atoms with van der Waals surface area (Å²) in [5, 5.41) is 2.27. The maximum Gasteiger partial charge on any atom is 0.237 e. The van der Waals surface area contributed by atoms with Crippen LogP contribution in [0.1, 0.15) is 18.3 Å². The zero-order valence-electron chi connectivity index (χ0n) is 14.9. The van der Waals surface area contributed by atoms with E-state index in [9.17, 15) is 18.0 Å². The number of hydrogen-bond donors (Lipinski definition) is 1. The molecule has 0 aliphatic carbocycles. The molecule has 1 aromatic heterocycles. The Morgan fingerprint density at radius 1 is 1.31 bits per heavy atom. The first-order chi connectivity index (χ1) is 12.3. The predicted molar refractivity (Wildman–Crippen MR) is 93.8 cm³/mol. The van der Waals surface area contributed by atoms with Crippen LogP contribution in [0.2, 0.25) is 0 Å². The van der Waals surface area contributed by atoms with Crippen molar-refractivity contribution in [1.29, 1.82) is 0 Å². The number of imidazole rings is 1. The molecule has 1 atom stereocenters. The van der Waals surface area contributed by atoms with Crippen molar-refractivity contribution < 1.29 is 22.7 Å². The van der Waals surface area contributed by atoms with E-state index in [4.69, 9.17) is 4.74 Å². The molecule has 0 bridgehead atoms. The zero-order chi connectivity index (χ0) is 19.4. The van der Waals surface area contributed by atoms with Crippen molar-refractivity contribution in [3.05, 3.63) is 41.0 Å². The molecule has 1 unspecified atom stereocenters. The summed E-state index contributed by atoms with van der Waals surface area (Å²) in [7, 11) is 1.60. The standard InChI is InChI=1S/C17H20F3N3O2S/c1-9-10(2)23(7-8-25-4)17(21-9)26-11(3)16(24)22-13-6-5-12(18)14(19)15(13)20/h5-6,11H,7-8H2,1-4H3,(H,22,24). The quantitative estimate of drug-likeness (QED) is 0.582. The second-order valence-corrected chi connectivity index (χ2v) is 6.99. The number of aryl methyl sites for hydroxylation is 1. The molecular weight excluding hydrogens is 367 g/mol. The first-order valence-electron chi connectivity index (χ1n) is 7.90. The molecule has 26 heavy (non-hydrogen) atoms. The molecule has 0 saturated heterocycles. The summed E-state index contributed by atoms with van der Waals surface area (Å²) < 4.78 is 47.0. The molecule has 0 aliphatic heterocycles. The number of hydrogen-bond acceptors (Lipinski definition) is 4. The normalized spacial score (nSPS) is 12.3. The third kappa shape index (κ3) is 4.39. The Bertz CT molecular complexity index is 811. The minimum absolute atomic E-state index is 0.406. The maximum absolute atomic E-state index is 13.7. The van der Waals surface area contributed by atoms with Gasteiger partial charge in [-0.05, 0) is 32.9 Å². The van der Waals surface area contributed by atoms with Gasteiger partial charge in [-0.1, -0.05) is 11.8 Å². The van der Waals surface area contributed by atoms with Crippen molar-refractivity contribution in [3.8, 4) is 0 Å². The topological polar surface area (TPSA) is 56.1 Å². The fourth-order valence-electron chi connectivity index (χ4n) is 2.23. The van der Waals surface area contributed by atoms with E-state index in [1.165, 1.54) is 11.8 Å². The van der Waals surface area contributed by atoms with Crippen LogP contribution in [0.3, 0.4) is 0 Å². The summed E-state index contributed by atoms with van der Waals surface area (Å²) in [6.45, 7) is 6.48. The Kier molecular flexibility index (Phi) is 6.71. The number of halogens is 3. The van der Waals surface area contributed by atoms with Crippen LogP contribution in [-0.2, 0) is 16.1 Å². The summed E-state index contributed by atoms with van der Waals surface area (Å²) >= 11 is 1.19. The van der Waals surface area contributed by atoms with Gasteiger partial charge in [-0.2, -0.15) is 0 Å². The van der Waals surface area contributed by atoms with E-state index < -0.39 is 34.3 Å². The number of nitrogens with one attached hydrogen (secondary N) is 1. The molecule has 1 aromatic carbocycles. The van der Waals surface area contributed by atoms with Crippen LogP contribution in [0.25, 0.3) is 0 Å². The van der Waals surface area contributed by atoms with Gasteiger partial charge in [-0.25, -0.2) is 18.2 Å². The van der Waals surface area contributed by atoms with E-state index in [2.05, 4.69) is 10.3 Å². The second-order valence-electron chi connectivity index (χ2n) is 5.68. The molecule has 0 aliphatic rings. The Labute approximate surface area is 153 Å². The lowest BCUT2D eigenvalue weighted by molar-refractivity contribution is -0.115. The van der Waals surface area contributed by atoms with Crippen molar-refractivity contribution in [2.45, 2.75) is 37.7 Å². The first kappa shape index (κ1) is 20.3. The highest BCUT2D eigenvalue weighted by molar-refractivity contribution is 8.00. The average Bonchev–Trinajstić information content (AvgIpc) is 2.87. The fourth-order valence-corrected chi connectivity index (χ4v) is 3.26. The number of benzene rings is 1. The molecule has 2 aromatic rings. The highest BCUT2D eigenvalue weighted by Crippen LogP contribution is 2.27. The number of nitrogens with zero attached hydrogens (tertiary/aromatic N) is 2. The number of thioether (sulfide) groups is 1. The minimum Gasteiger partial charge on any atom is -0.383 e. The van der Waals surface area contributed by atoms with Gasteiger partial charge in [0.2, 0.25) is 5.91 Å². The number of amides is 1. The molecule has 0 fully saturated rings. The number of methoxy groups -OCH3 is 1. The van der Waals surface area contributed by atoms with Gasteiger partial charge < -0.3 is 14.6 Å². The van der Waals surface area contributed by atoms with Crippen LogP contribution < -0.4 is 5.32 Å². The van der Waals surface area contributed by atoms with Gasteiger partial charge in [0.15, 0.2) is 22.6 Å². The van der Waals surface area contributed by atoms with Crippen molar-refractivity contribution in [3.63, 3.8) is 0 Å². The molecule has 9 heteroatoms. The van der Waals surface area contributed by atoms with Gasteiger partial charge in [-0.15, -0.1) is 0 Å². The fraction of sp³-hybridized carbons (Fsp3) is 0.412. The Morgan fingerprint density at radius 2 is 2.00 bits per heavy atom. The summed E-state index contributed by atoms with van der Waals surface area (Å²) in [6.07, 6.45) is 0. The van der Waals surface area contributed by atoms with Crippen molar-refractivity contribution in [2.24, 2.45) is 0 Å². The van der Waals surface area contributed by atoms with E-state index in [-0.39, 0.29) is 0 Å². The van der Waals surface area contributed by atoms with Crippen molar-refractivity contribution in [1.82, 2.24) is 9.55 Å². The summed E-state index contributed by atoms with van der Waals surface area (Å²) in [6, 6.07) is 1.74. The SMILES string of the molecule is COCCn1c(SC(C)C(=O)Nc2ccc(F)c(F)c2F)nc(C)c1C. The van der Waals surface area contributed by atoms with Crippen molar-refractivity contribution in [2.75, 3.05) is 19.0 Å². The average molecular weight is 387 g/mol. The molecule has 0 spiro atoms. The van der Waals surface area contributed by atoms with E-state index in [1.54, 1.807) is 14.0 Å². The molecule has 2 rings (SSSR count). The highest BCUT2D eigenvalue weighted by Gasteiger charge is 2.22. The van der Waals surface area contributed by atoms with Gasteiger partial charge >= 0.3 is 0 Å². The number of anilines is 1. The first-order valence-corrected chi connectivity index (χ1v) is 8.77. The molecule has 5 nitrogen and oxygen atoms in total. The van der Waals surface area contributed by atoms with Crippen LogP contribution in [0, 0.1) is 31.3 Å². The maximum atomic E-state index is 13.7. The number of carbonyl (C=O) groups excluding carboxylic acids is 1. The predicted octanol–water partition coefficient (Wildman–Crippen LogP) is 3.68. The van der Waals surface area contributed by atoms with Gasteiger partial charge in [0, 0.05) is 19.3 Å². The van der Waals surface area contributed by atoms with Crippen LogP contribution >= 0.6 is 11.8 Å². The Morgan fingerprint density at radius 3 is 2.65 bits per heavy atom. The van der Waals surface area contributed by atoms with Gasteiger partial charge in [0.25, 0.3) is 0 Å². The molecule has 0 saturated carbocycles. The largest absolute Gasteiger partial charge is 0.383 e. The molecular formula is C17H20F3N3O2S. The molecule has 1 amide bonds. The van der Waals surface area contributed by atoms with E-state index in [0.717, 1.165) is 23.5 Å². The third-order valence-electron chi connectivity index (χ3n) is 3.89. The van der Waals surface area contributed by atoms with Gasteiger partial charge in [-0.3, -0.25) is 4.79 Å². The molecule has 0 radical (unpaired) electrons. The smallest absolute Gasteiger partial charge is 0.237 e. The molecule has 1 N–H and O–H groups in total. The highest BCUT2D eigenvalue weighted by atomic mass is 32.2. The van der Waals surface area contributed by atoms with Crippen LogP contribution in [0.5, 0.6) is 0 Å². The van der Waals surface area contributed by atoms with E-state index >= 15 is 0 Å². The van der Waals surface area contributed by atoms with Gasteiger partial charge in [0.1, 0.15) is 0 Å². The van der Waals surface area contributed by atoms with Crippen LogP contribution in [-0.4, -0.2) is 34.4 Å². The third-order valence-corrected chi connectivity index (χ3v) is 4.98. The Balaban J connectivity index is 2.13. The Hall–Kier alpha value is -2.00.